The van der Waals surface area contributed by atoms with Gasteiger partial charge in [0.2, 0.25) is 5.91 Å². The van der Waals surface area contributed by atoms with Gasteiger partial charge in [-0.05, 0) is 56.4 Å². The van der Waals surface area contributed by atoms with E-state index in [-0.39, 0.29) is 12.0 Å². The van der Waals surface area contributed by atoms with Crippen molar-refractivity contribution in [2.75, 3.05) is 24.5 Å². The normalized spacial score (nSPS) is 20.7. The summed E-state index contributed by atoms with van der Waals surface area (Å²) in [6.07, 6.45) is 6.17. The monoisotopic (exact) mass is 437 g/mol. The highest BCUT2D eigenvalue weighted by molar-refractivity contribution is 5.95. The maximum Gasteiger partial charge on any atom is 0.226 e. The zero-order valence-electron chi connectivity index (χ0n) is 18.9. The third-order valence-electron chi connectivity index (χ3n) is 7.19. The second kappa shape index (κ2) is 7.84. The van der Waals surface area contributed by atoms with Gasteiger partial charge in [-0.2, -0.15) is 5.26 Å². The van der Waals surface area contributed by atoms with E-state index in [2.05, 4.69) is 28.9 Å². The second-order valence-electron chi connectivity index (χ2n) is 9.66. The molecule has 1 atom stereocenters. The van der Waals surface area contributed by atoms with Crippen LogP contribution < -0.4 is 4.90 Å². The second-order valence-corrected chi connectivity index (χ2v) is 9.66. The molecule has 166 valence electrons. The fourth-order valence-electron chi connectivity index (χ4n) is 5.10. The van der Waals surface area contributed by atoms with Crippen molar-refractivity contribution in [3.05, 3.63) is 53.9 Å². The summed E-state index contributed by atoms with van der Waals surface area (Å²) in [7, 11) is 0. The van der Waals surface area contributed by atoms with Gasteiger partial charge in [-0.1, -0.05) is 18.2 Å². The molecule has 1 amide bonds. The lowest BCUT2D eigenvalue weighted by atomic mass is 9.96. The molecular formula is C27H27N5O. The number of hydrogen-bond acceptors (Lipinski definition) is 5. The van der Waals surface area contributed by atoms with Crippen LogP contribution in [0.3, 0.4) is 0 Å². The number of piperazine rings is 1. The van der Waals surface area contributed by atoms with Crippen LogP contribution in [0, 0.1) is 17.2 Å². The molecule has 0 unspecified atom stereocenters. The van der Waals surface area contributed by atoms with Crippen molar-refractivity contribution in [2.45, 2.75) is 44.6 Å². The number of benzene rings is 1. The summed E-state index contributed by atoms with van der Waals surface area (Å²) >= 11 is 0. The summed E-state index contributed by atoms with van der Waals surface area (Å²) in [5.41, 5.74) is 4.77. The van der Waals surface area contributed by atoms with Crippen molar-refractivity contribution in [1.82, 2.24) is 14.9 Å². The average molecular weight is 438 g/mol. The van der Waals surface area contributed by atoms with E-state index in [1.54, 1.807) is 0 Å². The van der Waals surface area contributed by atoms with Gasteiger partial charge in [0.15, 0.2) is 0 Å². The summed E-state index contributed by atoms with van der Waals surface area (Å²) in [5, 5.41) is 11.2. The van der Waals surface area contributed by atoms with Crippen molar-refractivity contribution in [1.29, 1.82) is 5.26 Å². The van der Waals surface area contributed by atoms with Gasteiger partial charge in [0, 0.05) is 54.7 Å². The molecule has 6 nitrogen and oxygen atoms in total. The van der Waals surface area contributed by atoms with Crippen molar-refractivity contribution in [3.63, 3.8) is 0 Å². The van der Waals surface area contributed by atoms with E-state index < -0.39 is 0 Å². The lowest BCUT2D eigenvalue weighted by Crippen LogP contribution is -2.54. The number of anilines is 1. The first-order valence-corrected chi connectivity index (χ1v) is 12.0. The van der Waals surface area contributed by atoms with Crippen LogP contribution in [0.2, 0.25) is 0 Å². The number of pyridine rings is 2. The van der Waals surface area contributed by atoms with E-state index in [0.717, 1.165) is 59.2 Å². The number of hydrogen-bond donors (Lipinski definition) is 0. The zero-order chi connectivity index (χ0) is 22.5. The molecule has 2 aliphatic carbocycles. The summed E-state index contributed by atoms with van der Waals surface area (Å²) in [4.78, 5) is 26.5. The Hall–Kier alpha value is -3.46. The predicted octanol–water partition coefficient (Wildman–Crippen LogP) is 4.49. The Bertz CT molecular complexity index is 1280. The molecule has 6 rings (SSSR count). The van der Waals surface area contributed by atoms with Crippen LogP contribution in [0.25, 0.3) is 22.0 Å². The number of carbonyl (C=O) groups is 1. The van der Waals surface area contributed by atoms with Crippen LogP contribution in [-0.2, 0) is 4.79 Å². The Morgan fingerprint density at radius 3 is 2.64 bits per heavy atom. The molecule has 2 saturated carbocycles. The Kier molecular flexibility index (Phi) is 4.79. The highest BCUT2D eigenvalue weighted by Gasteiger charge is 2.38. The number of rotatable bonds is 4. The molecule has 3 heterocycles. The fourth-order valence-corrected chi connectivity index (χ4v) is 5.10. The van der Waals surface area contributed by atoms with Crippen molar-refractivity contribution in [2.24, 2.45) is 5.92 Å². The molecule has 33 heavy (non-hydrogen) atoms. The number of aromatic nitrogens is 2. The number of nitrogens with zero attached hydrogens (tertiary/aromatic N) is 5. The van der Waals surface area contributed by atoms with Gasteiger partial charge in [-0.3, -0.25) is 9.78 Å². The molecule has 1 aromatic carbocycles. The van der Waals surface area contributed by atoms with Crippen LogP contribution in [-0.4, -0.2) is 46.5 Å². The minimum atomic E-state index is 0.119. The summed E-state index contributed by atoms with van der Waals surface area (Å²) in [6, 6.07) is 14.7. The van der Waals surface area contributed by atoms with E-state index in [0.29, 0.717) is 37.0 Å². The van der Waals surface area contributed by atoms with Gasteiger partial charge in [0.25, 0.3) is 0 Å². The first-order valence-electron chi connectivity index (χ1n) is 12.0. The van der Waals surface area contributed by atoms with Crippen molar-refractivity contribution >= 4 is 22.6 Å². The smallest absolute Gasteiger partial charge is 0.226 e. The molecule has 0 spiro atoms. The minimum Gasteiger partial charge on any atom is -0.352 e. The largest absolute Gasteiger partial charge is 0.352 e. The van der Waals surface area contributed by atoms with E-state index in [1.165, 1.54) is 0 Å². The molecule has 6 heteroatoms. The molecule has 3 fully saturated rings. The molecule has 1 saturated heterocycles. The van der Waals surface area contributed by atoms with E-state index in [4.69, 9.17) is 4.98 Å². The first-order chi connectivity index (χ1) is 16.1. The number of amides is 1. The maximum absolute atomic E-state index is 12.6. The van der Waals surface area contributed by atoms with Gasteiger partial charge in [-0.15, -0.1) is 0 Å². The summed E-state index contributed by atoms with van der Waals surface area (Å²) in [6.45, 7) is 4.23. The summed E-state index contributed by atoms with van der Waals surface area (Å²) in [5.74, 6) is 1.75. The Balaban J connectivity index is 1.39. The first kappa shape index (κ1) is 20.2. The number of para-hydroxylation sites is 1. The van der Waals surface area contributed by atoms with Gasteiger partial charge in [0.05, 0.1) is 16.8 Å². The van der Waals surface area contributed by atoms with Gasteiger partial charge >= 0.3 is 0 Å². The maximum atomic E-state index is 12.6. The summed E-state index contributed by atoms with van der Waals surface area (Å²) < 4.78 is 0. The van der Waals surface area contributed by atoms with Crippen LogP contribution in [0.15, 0.2) is 42.6 Å². The lowest BCUT2D eigenvalue weighted by Gasteiger charge is -2.41. The molecule has 0 radical (unpaired) electrons. The van der Waals surface area contributed by atoms with Crippen molar-refractivity contribution < 1.29 is 4.79 Å². The molecule has 1 aliphatic heterocycles. The third kappa shape index (κ3) is 3.62. The number of nitriles is 1. The van der Waals surface area contributed by atoms with Crippen molar-refractivity contribution in [3.8, 4) is 17.2 Å². The molecule has 3 aliphatic rings. The topological polar surface area (TPSA) is 73.1 Å². The molecule has 3 aromatic rings. The van der Waals surface area contributed by atoms with E-state index >= 15 is 0 Å². The van der Waals surface area contributed by atoms with Gasteiger partial charge in [0.1, 0.15) is 11.9 Å². The van der Waals surface area contributed by atoms with E-state index in [9.17, 15) is 10.1 Å². The quantitative estimate of drug-likeness (QED) is 0.601. The zero-order valence-corrected chi connectivity index (χ0v) is 18.9. The van der Waals surface area contributed by atoms with Crippen LogP contribution in [0.5, 0.6) is 0 Å². The Labute approximate surface area is 193 Å². The van der Waals surface area contributed by atoms with Crippen LogP contribution in [0.4, 0.5) is 5.82 Å². The Morgan fingerprint density at radius 1 is 1.09 bits per heavy atom. The fraction of sp³-hybridized carbons (Fsp3) is 0.407. The highest BCUT2D eigenvalue weighted by atomic mass is 16.2. The SMILES string of the molecule is C[C@@H]1CN(c2nc(C3CC3)c(-c3ccnc4ccccc34)cc2C#N)CCN1C(=O)C1CC1. The lowest BCUT2D eigenvalue weighted by molar-refractivity contribution is -0.134. The standard InChI is InChI=1S/C27H27N5O/c1-17-16-31(12-13-32(17)27(33)19-8-9-19)26-20(15-28)14-23(25(30-26)18-6-7-18)21-10-11-29-24-5-3-2-4-22(21)24/h2-5,10-11,14,17-19H,6-9,12-13,16H2,1H3/t17-/m1/s1. The molecule has 0 bridgehead atoms. The average Bonchev–Trinajstić information content (AvgIpc) is 3.76. The number of fused-ring (bicyclic) bond motifs is 1. The molecular weight excluding hydrogens is 410 g/mol. The number of carbonyl (C=O) groups excluding carboxylic acids is 1. The predicted molar refractivity (Wildman–Crippen MR) is 128 cm³/mol. The van der Waals surface area contributed by atoms with Gasteiger partial charge in [-0.25, -0.2) is 4.98 Å². The van der Waals surface area contributed by atoms with E-state index in [1.807, 2.05) is 41.4 Å². The third-order valence-corrected chi connectivity index (χ3v) is 7.19. The van der Waals surface area contributed by atoms with Crippen LogP contribution in [0.1, 0.15) is 49.8 Å². The molecule has 2 aromatic heterocycles. The van der Waals surface area contributed by atoms with Gasteiger partial charge < -0.3 is 9.80 Å². The Morgan fingerprint density at radius 2 is 1.91 bits per heavy atom. The molecule has 0 N–H and O–H groups in total. The van der Waals surface area contributed by atoms with Crippen LogP contribution >= 0.6 is 0 Å². The highest BCUT2D eigenvalue weighted by Crippen LogP contribution is 2.46. The minimum absolute atomic E-state index is 0.119.